The number of hydrogen-bond acceptors (Lipinski definition) is 4. The summed E-state index contributed by atoms with van der Waals surface area (Å²) in [4.78, 5) is 11.3. The Hall–Kier alpha value is -5.03. The molecule has 0 aliphatic rings. The van der Waals surface area contributed by atoms with Gasteiger partial charge in [-0.1, -0.05) is 78.3 Å². The van der Waals surface area contributed by atoms with Crippen LogP contribution in [0.4, 0.5) is 8.78 Å². The SMILES string of the molecule is O=C(O)c1ccc(OCCc2c(CCNS(=O)(=O)Cc3ccc(F)c(F)c3)n(C(c3ccccc3)c3ccccc3)c3ccc(Cl)cc23)cc1. The summed E-state index contributed by atoms with van der Waals surface area (Å²) >= 11 is 6.57. The molecule has 0 aliphatic heterocycles. The summed E-state index contributed by atoms with van der Waals surface area (Å²) < 4.78 is 64.5. The number of halogens is 3. The molecule has 7 nitrogen and oxygen atoms in total. The highest BCUT2D eigenvalue weighted by Gasteiger charge is 2.26. The summed E-state index contributed by atoms with van der Waals surface area (Å²) in [5.41, 5.74) is 4.99. The number of aromatic carboxylic acids is 1. The van der Waals surface area contributed by atoms with Gasteiger partial charge < -0.3 is 14.4 Å². The number of ether oxygens (including phenoxy) is 1. The first-order valence-electron chi connectivity index (χ1n) is 15.9. The van der Waals surface area contributed by atoms with E-state index in [-0.39, 0.29) is 36.7 Å². The van der Waals surface area contributed by atoms with Crippen molar-refractivity contribution < 1.29 is 31.8 Å². The first kappa shape index (κ1) is 34.8. The van der Waals surface area contributed by atoms with Crippen LogP contribution in [0.1, 0.15) is 44.3 Å². The second-order valence-corrected chi connectivity index (χ2v) is 14.0. The summed E-state index contributed by atoms with van der Waals surface area (Å²) in [6.45, 7) is 0.269. The zero-order valence-electron chi connectivity index (χ0n) is 26.7. The van der Waals surface area contributed by atoms with Gasteiger partial charge in [0, 0.05) is 41.0 Å². The predicted molar refractivity (Wildman–Crippen MR) is 190 cm³/mol. The third-order valence-corrected chi connectivity index (χ3v) is 10.0. The highest BCUT2D eigenvalue weighted by Crippen LogP contribution is 2.38. The Morgan fingerprint density at radius 1 is 0.820 bits per heavy atom. The zero-order valence-corrected chi connectivity index (χ0v) is 28.3. The number of carboxylic acids is 1. The van der Waals surface area contributed by atoms with E-state index in [1.165, 1.54) is 18.2 Å². The third kappa shape index (κ3) is 8.05. The van der Waals surface area contributed by atoms with Crippen molar-refractivity contribution in [2.75, 3.05) is 13.2 Å². The van der Waals surface area contributed by atoms with Gasteiger partial charge in [0.1, 0.15) is 5.75 Å². The van der Waals surface area contributed by atoms with Crippen molar-refractivity contribution in [1.82, 2.24) is 9.29 Å². The molecule has 0 amide bonds. The fourth-order valence-electron chi connectivity index (χ4n) is 6.20. The molecule has 1 aromatic heterocycles. The molecule has 0 aliphatic carbocycles. The van der Waals surface area contributed by atoms with Crippen molar-refractivity contribution in [3.05, 3.63) is 171 Å². The quantitative estimate of drug-likeness (QED) is 0.119. The van der Waals surface area contributed by atoms with Crippen LogP contribution in [0.3, 0.4) is 0 Å². The summed E-state index contributed by atoms with van der Waals surface area (Å²) in [6.07, 6.45) is 0.708. The minimum atomic E-state index is -3.92. The molecule has 11 heteroatoms. The van der Waals surface area contributed by atoms with Gasteiger partial charge >= 0.3 is 5.97 Å². The fourth-order valence-corrected chi connectivity index (χ4v) is 7.51. The van der Waals surface area contributed by atoms with E-state index in [4.69, 9.17) is 16.3 Å². The van der Waals surface area contributed by atoms with Gasteiger partial charge in [0.25, 0.3) is 0 Å². The van der Waals surface area contributed by atoms with E-state index < -0.39 is 33.4 Å². The van der Waals surface area contributed by atoms with Gasteiger partial charge in [-0.3, -0.25) is 0 Å². The van der Waals surface area contributed by atoms with Gasteiger partial charge in [-0.15, -0.1) is 0 Å². The lowest BCUT2D eigenvalue weighted by Crippen LogP contribution is -2.28. The lowest BCUT2D eigenvalue weighted by molar-refractivity contribution is 0.0696. The van der Waals surface area contributed by atoms with Crippen LogP contribution in [-0.4, -0.2) is 37.2 Å². The molecule has 2 N–H and O–H groups in total. The molecule has 0 saturated carbocycles. The summed E-state index contributed by atoms with van der Waals surface area (Å²) in [5.74, 6) is -3.20. The molecule has 0 saturated heterocycles. The largest absolute Gasteiger partial charge is 0.493 e. The number of sulfonamides is 1. The second kappa shape index (κ2) is 15.2. The van der Waals surface area contributed by atoms with E-state index in [1.807, 2.05) is 54.6 Å². The molecule has 0 bridgehead atoms. The van der Waals surface area contributed by atoms with E-state index in [0.29, 0.717) is 17.2 Å². The average Bonchev–Trinajstić information content (AvgIpc) is 3.39. The summed E-state index contributed by atoms with van der Waals surface area (Å²) in [6, 6.07) is 34.6. The number of nitrogens with one attached hydrogen (secondary N) is 1. The van der Waals surface area contributed by atoms with Crippen molar-refractivity contribution >= 4 is 38.5 Å². The number of nitrogens with zero attached hydrogens (tertiary/aromatic N) is 1. The highest BCUT2D eigenvalue weighted by molar-refractivity contribution is 7.88. The number of aromatic nitrogens is 1. The van der Waals surface area contributed by atoms with Gasteiger partial charge in [-0.05, 0) is 76.9 Å². The van der Waals surface area contributed by atoms with Crippen LogP contribution in [0.5, 0.6) is 5.75 Å². The van der Waals surface area contributed by atoms with Crippen LogP contribution in [0.15, 0.2) is 121 Å². The normalized spacial score (nSPS) is 11.7. The Kier molecular flexibility index (Phi) is 10.6. The van der Waals surface area contributed by atoms with Gasteiger partial charge in [0.15, 0.2) is 11.6 Å². The third-order valence-electron chi connectivity index (χ3n) is 8.42. The maximum absolute atomic E-state index is 13.8. The average molecular weight is 715 g/mol. The first-order valence-corrected chi connectivity index (χ1v) is 17.9. The molecule has 0 unspecified atom stereocenters. The van der Waals surface area contributed by atoms with E-state index >= 15 is 0 Å². The number of hydrogen-bond donors (Lipinski definition) is 2. The molecule has 0 spiro atoms. The Bertz CT molecular complexity index is 2190. The first-order chi connectivity index (χ1) is 24.1. The lowest BCUT2D eigenvalue weighted by Gasteiger charge is -2.25. The van der Waals surface area contributed by atoms with Crippen molar-refractivity contribution in [3.63, 3.8) is 0 Å². The number of benzene rings is 5. The van der Waals surface area contributed by atoms with Crippen molar-refractivity contribution in [2.45, 2.75) is 24.6 Å². The van der Waals surface area contributed by atoms with Crippen molar-refractivity contribution in [1.29, 1.82) is 0 Å². The van der Waals surface area contributed by atoms with Crippen LogP contribution in [-0.2, 0) is 28.6 Å². The highest BCUT2D eigenvalue weighted by atomic mass is 35.5. The predicted octanol–water partition coefficient (Wildman–Crippen LogP) is 8.19. The number of rotatable bonds is 14. The Morgan fingerprint density at radius 3 is 2.10 bits per heavy atom. The smallest absolute Gasteiger partial charge is 0.335 e. The molecule has 5 aromatic carbocycles. The standard InChI is InChI=1S/C39H33ClF2N2O5S/c40-30-14-18-36-33(24-30)32(20-22-49-31-15-12-29(13-16-31)39(45)46)37(19-21-43-50(47,48)25-26-11-17-34(41)35(42)23-26)44(36)38(27-7-3-1-4-8-27)28-9-5-2-6-10-28/h1-18,23-24,38,43H,19-22,25H2,(H,45,46). The topological polar surface area (TPSA) is 97.6 Å². The fraction of sp³-hybridized carbons (Fsp3) is 0.154. The van der Waals surface area contributed by atoms with E-state index in [9.17, 15) is 27.1 Å². The van der Waals surface area contributed by atoms with E-state index in [0.717, 1.165) is 45.4 Å². The van der Waals surface area contributed by atoms with Gasteiger partial charge in [-0.25, -0.2) is 26.7 Å². The minimum absolute atomic E-state index is 0.0247. The zero-order chi connectivity index (χ0) is 35.3. The number of carbonyl (C=O) groups is 1. The Balaban J connectivity index is 1.39. The molecule has 0 atom stereocenters. The van der Waals surface area contributed by atoms with Crippen LogP contribution in [0.25, 0.3) is 10.9 Å². The van der Waals surface area contributed by atoms with E-state index in [2.05, 4.69) is 33.6 Å². The molecular weight excluding hydrogens is 682 g/mol. The molecule has 6 aromatic rings. The van der Waals surface area contributed by atoms with Crippen LogP contribution in [0, 0.1) is 11.6 Å². The molecule has 50 heavy (non-hydrogen) atoms. The van der Waals surface area contributed by atoms with Gasteiger partial charge in [-0.2, -0.15) is 0 Å². The maximum atomic E-state index is 13.8. The van der Waals surface area contributed by atoms with Crippen molar-refractivity contribution in [3.8, 4) is 5.75 Å². The van der Waals surface area contributed by atoms with Gasteiger partial charge in [0.05, 0.1) is 24.0 Å². The van der Waals surface area contributed by atoms with E-state index in [1.54, 1.807) is 12.1 Å². The molecule has 6 rings (SSSR count). The molecular formula is C39H33ClF2N2O5S. The monoisotopic (exact) mass is 714 g/mol. The van der Waals surface area contributed by atoms with Crippen LogP contribution < -0.4 is 9.46 Å². The van der Waals surface area contributed by atoms with Gasteiger partial charge in [0.2, 0.25) is 10.0 Å². The van der Waals surface area contributed by atoms with Crippen LogP contribution in [0.2, 0.25) is 5.02 Å². The Morgan fingerprint density at radius 2 is 1.48 bits per heavy atom. The molecule has 256 valence electrons. The lowest BCUT2D eigenvalue weighted by atomic mass is 9.97. The molecule has 0 radical (unpaired) electrons. The maximum Gasteiger partial charge on any atom is 0.335 e. The Labute approximate surface area is 293 Å². The minimum Gasteiger partial charge on any atom is -0.493 e. The number of fused-ring (bicyclic) bond motifs is 1. The number of carboxylic acid groups (broad SMARTS) is 1. The molecule has 1 heterocycles. The summed E-state index contributed by atoms with van der Waals surface area (Å²) in [7, 11) is -3.92. The summed E-state index contributed by atoms with van der Waals surface area (Å²) in [5, 5.41) is 10.7. The van der Waals surface area contributed by atoms with Crippen molar-refractivity contribution in [2.24, 2.45) is 0 Å². The van der Waals surface area contributed by atoms with Crippen LogP contribution >= 0.6 is 11.6 Å². The molecule has 0 fully saturated rings. The second-order valence-electron chi connectivity index (χ2n) is 11.8.